The van der Waals surface area contributed by atoms with Crippen molar-refractivity contribution in [1.29, 1.82) is 5.26 Å². The van der Waals surface area contributed by atoms with Crippen LogP contribution in [0.15, 0.2) is 84.9 Å². The summed E-state index contributed by atoms with van der Waals surface area (Å²) in [5.74, 6) is -0.353. The minimum atomic E-state index is -3.18. The molecule has 1 atom stereocenters. The Morgan fingerprint density at radius 2 is 1.69 bits per heavy atom. The molecule has 10 nitrogen and oxygen atoms in total. The van der Waals surface area contributed by atoms with Crippen LogP contribution < -0.4 is 14.4 Å². The van der Waals surface area contributed by atoms with Crippen molar-refractivity contribution in [2.24, 2.45) is 7.05 Å². The van der Waals surface area contributed by atoms with Crippen LogP contribution in [-0.2, 0) is 31.3 Å². The van der Waals surface area contributed by atoms with Crippen LogP contribution in [0.2, 0.25) is 5.02 Å². The Balaban J connectivity index is 1.32. The van der Waals surface area contributed by atoms with Gasteiger partial charge in [0, 0.05) is 61.9 Å². The van der Waals surface area contributed by atoms with E-state index in [-0.39, 0.29) is 40.7 Å². The molecule has 2 amide bonds. The fourth-order valence-corrected chi connectivity index (χ4v) is 8.10. The molecule has 0 saturated carbocycles. The summed E-state index contributed by atoms with van der Waals surface area (Å²) in [4.78, 5) is 35.6. The number of morpholine rings is 1. The van der Waals surface area contributed by atoms with Crippen molar-refractivity contribution in [3.8, 4) is 28.8 Å². The van der Waals surface area contributed by atoms with Gasteiger partial charge in [0.2, 0.25) is 0 Å². The first-order valence-corrected chi connectivity index (χ1v) is 19.4. The Morgan fingerprint density at radius 3 is 2.38 bits per heavy atom. The molecule has 0 radical (unpaired) electrons. The topological polar surface area (TPSA) is 100 Å². The van der Waals surface area contributed by atoms with E-state index in [1.165, 1.54) is 12.1 Å². The fraction of sp³-hybridized carbons (Fsp3) is 0.311. The summed E-state index contributed by atoms with van der Waals surface area (Å²) < 4.78 is 45.3. The van der Waals surface area contributed by atoms with E-state index in [0.29, 0.717) is 72.2 Å². The first kappa shape index (κ1) is 40.5. The van der Waals surface area contributed by atoms with Gasteiger partial charge in [-0.15, -0.1) is 0 Å². The Bertz CT molecular complexity index is 2370. The van der Waals surface area contributed by atoms with Gasteiger partial charge in [-0.3, -0.25) is 14.5 Å². The molecule has 1 unspecified atom stereocenters. The number of carbonyl (C=O) groups is 2. The quantitative estimate of drug-likeness (QED) is 0.133. The maximum absolute atomic E-state index is 15.1. The van der Waals surface area contributed by atoms with E-state index in [1.54, 1.807) is 54.0 Å². The Hall–Kier alpha value is -5.74. The van der Waals surface area contributed by atoms with Crippen molar-refractivity contribution in [3.05, 3.63) is 135 Å². The lowest BCUT2D eigenvalue weighted by atomic mass is 9.92. The van der Waals surface area contributed by atoms with Crippen LogP contribution in [0, 0.1) is 25.2 Å². The van der Waals surface area contributed by atoms with Gasteiger partial charge in [-0.25, -0.2) is 0 Å². The van der Waals surface area contributed by atoms with Crippen LogP contribution in [-0.4, -0.2) is 78.8 Å². The third kappa shape index (κ3) is 8.29. The summed E-state index contributed by atoms with van der Waals surface area (Å²) >= 11 is 6.64. The number of alkyl halides is 2. The lowest BCUT2D eigenvalue weighted by molar-refractivity contribution is -0.0498. The van der Waals surface area contributed by atoms with E-state index >= 15 is 4.79 Å². The van der Waals surface area contributed by atoms with Crippen molar-refractivity contribution in [1.82, 2.24) is 14.4 Å². The number of nitriles is 1. The maximum atomic E-state index is 15.1. The normalized spacial score (nSPS) is 15.5. The third-order valence-electron chi connectivity index (χ3n) is 11.2. The summed E-state index contributed by atoms with van der Waals surface area (Å²) in [6, 6.07) is 26.8. The summed E-state index contributed by atoms with van der Waals surface area (Å²) in [5, 5.41) is 9.37. The zero-order chi connectivity index (χ0) is 41.1. The average molecular weight is 808 g/mol. The number of hydrogen-bond donors (Lipinski definition) is 0. The fourth-order valence-electron chi connectivity index (χ4n) is 7.89. The van der Waals surface area contributed by atoms with E-state index in [2.05, 4.69) is 17.0 Å². The molecular formula is C45H44ClF2N5O5. The third-order valence-corrected chi connectivity index (χ3v) is 11.5. The largest absolute Gasteiger partial charge is 0.496 e. The number of rotatable bonds is 11. The summed E-state index contributed by atoms with van der Waals surface area (Å²) in [7, 11) is 3.38. The molecular weight excluding hydrogens is 764 g/mol. The standard InChI is InChI=1S/C45H44ClF2N5O5/c1-28-32(10-7-11-41(28)56-4)25-52(34-14-12-30(24-49)13-15-34)43(54)36-22-40(50(3)29(36)2)37-21-39(46)42(58-45(47)48)23-38(37)44(55)53-26-33-9-6-5-8-31(33)20-35(53)27-51-16-18-57-19-17-51/h5-15,21-23,35,45H,16-20,25-27H2,1-4H3. The van der Waals surface area contributed by atoms with E-state index in [1.807, 2.05) is 55.1 Å². The molecule has 3 heterocycles. The second-order valence-electron chi connectivity index (χ2n) is 14.6. The first-order chi connectivity index (χ1) is 28.0. The minimum absolute atomic E-state index is 0.111. The highest BCUT2D eigenvalue weighted by molar-refractivity contribution is 6.32. The van der Waals surface area contributed by atoms with Crippen molar-refractivity contribution in [2.45, 2.75) is 46.0 Å². The lowest BCUT2D eigenvalue weighted by Crippen LogP contribution is -2.52. The van der Waals surface area contributed by atoms with Gasteiger partial charge in [0.15, 0.2) is 0 Å². The van der Waals surface area contributed by atoms with Crippen LogP contribution in [0.25, 0.3) is 11.3 Å². The van der Waals surface area contributed by atoms with Gasteiger partial charge in [0.25, 0.3) is 11.8 Å². The predicted molar refractivity (Wildman–Crippen MR) is 218 cm³/mol. The Kier molecular flexibility index (Phi) is 12.1. The van der Waals surface area contributed by atoms with Crippen molar-refractivity contribution < 1.29 is 32.6 Å². The molecule has 2 aliphatic heterocycles. The molecule has 13 heteroatoms. The number of nitrogens with zero attached hydrogens (tertiary/aromatic N) is 5. The van der Waals surface area contributed by atoms with Crippen LogP contribution in [0.1, 0.15) is 54.2 Å². The molecule has 0 N–H and O–H groups in total. The molecule has 0 bridgehead atoms. The SMILES string of the molecule is COc1cccc(CN(C(=O)c2cc(-c3cc(Cl)c(OC(F)F)cc3C(=O)N3Cc4ccccc4CC3CN3CCOCC3)n(C)c2C)c2ccc(C#N)cc2)c1C. The first-order valence-electron chi connectivity index (χ1n) is 19.0. The molecule has 2 aliphatic rings. The molecule has 1 aromatic heterocycles. The van der Waals surface area contributed by atoms with E-state index < -0.39 is 6.61 Å². The zero-order valence-corrected chi connectivity index (χ0v) is 33.6. The van der Waals surface area contributed by atoms with E-state index in [4.69, 9.17) is 25.8 Å². The van der Waals surface area contributed by atoms with Gasteiger partial charge in [0.05, 0.1) is 54.7 Å². The molecule has 5 aromatic rings. The molecule has 1 saturated heterocycles. The van der Waals surface area contributed by atoms with Gasteiger partial charge in [-0.2, -0.15) is 14.0 Å². The maximum Gasteiger partial charge on any atom is 0.387 e. The molecule has 1 fully saturated rings. The molecule has 0 spiro atoms. The van der Waals surface area contributed by atoms with Gasteiger partial charge >= 0.3 is 6.61 Å². The smallest absolute Gasteiger partial charge is 0.387 e. The van der Waals surface area contributed by atoms with Crippen molar-refractivity contribution in [2.75, 3.05) is 44.9 Å². The zero-order valence-electron chi connectivity index (χ0n) is 32.8. The number of ether oxygens (including phenoxy) is 3. The number of amides is 2. The van der Waals surface area contributed by atoms with Crippen molar-refractivity contribution in [3.63, 3.8) is 0 Å². The monoisotopic (exact) mass is 807 g/mol. The highest BCUT2D eigenvalue weighted by Crippen LogP contribution is 2.39. The number of anilines is 1. The van der Waals surface area contributed by atoms with Crippen LogP contribution in [0.4, 0.5) is 14.5 Å². The Morgan fingerprint density at radius 1 is 0.966 bits per heavy atom. The van der Waals surface area contributed by atoms with Crippen LogP contribution in [0.3, 0.4) is 0 Å². The van der Waals surface area contributed by atoms with Gasteiger partial charge in [-0.1, -0.05) is 48.0 Å². The molecule has 7 rings (SSSR count). The van der Waals surface area contributed by atoms with Crippen LogP contribution in [0.5, 0.6) is 11.5 Å². The number of fused-ring (bicyclic) bond motifs is 1. The van der Waals surface area contributed by atoms with E-state index in [9.17, 15) is 18.8 Å². The number of methoxy groups -OCH3 is 1. The van der Waals surface area contributed by atoms with Gasteiger partial charge in [0.1, 0.15) is 11.5 Å². The van der Waals surface area contributed by atoms with E-state index in [0.717, 1.165) is 35.3 Å². The molecule has 4 aromatic carbocycles. The van der Waals surface area contributed by atoms with Crippen molar-refractivity contribution >= 4 is 29.1 Å². The van der Waals surface area contributed by atoms with Crippen LogP contribution >= 0.6 is 11.6 Å². The lowest BCUT2D eigenvalue weighted by Gasteiger charge is -2.40. The average Bonchev–Trinajstić information content (AvgIpc) is 3.53. The molecule has 0 aliphatic carbocycles. The second kappa shape index (κ2) is 17.4. The number of hydrogen-bond acceptors (Lipinski definition) is 7. The second-order valence-corrected chi connectivity index (χ2v) is 15.0. The number of halogens is 3. The number of carbonyl (C=O) groups excluding carboxylic acids is 2. The summed E-state index contributed by atoms with van der Waals surface area (Å²) in [5.41, 5.74) is 6.81. The number of benzene rings is 4. The molecule has 300 valence electrons. The van der Waals surface area contributed by atoms with Gasteiger partial charge in [-0.05, 0) is 91.1 Å². The summed E-state index contributed by atoms with van der Waals surface area (Å²) in [6.07, 6.45) is 0.614. The van der Waals surface area contributed by atoms with Gasteiger partial charge < -0.3 is 28.6 Å². The summed E-state index contributed by atoms with van der Waals surface area (Å²) in [6.45, 7) is 4.33. The highest BCUT2D eigenvalue weighted by atomic mass is 35.5. The Labute approximate surface area is 341 Å². The predicted octanol–water partition coefficient (Wildman–Crippen LogP) is 8.19. The molecule has 58 heavy (non-hydrogen) atoms. The number of aromatic nitrogens is 1. The highest BCUT2D eigenvalue weighted by Gasteiger charge is 2.35. The minimum Gasteiger partial charge on any atom is -0.496 e.